The van der Waals surface area contributed by atoms with Crippen LogP contribution < -0.4 is 10.6 Å². The molecule has 32 heavy (non-hydrogen) atoms. The van der Waals surface area contributed by atoms with Crippen LogP contribution in [-0.2, 0) is 4.79 Å². The van der Waals surface area contributed by atoms with E-state index in [2.05, 4.69) is 10.6 Å². The number of carbonyl (C=O) groups excluding carboxylic acids is 3. The second-order valence-electron chi connectivity index (χ2n) is 9.04. The molecule has 0 radical (unpaired) electrons. The molecule has 7 nitrogen and oxygen atoms in total. The van der Waals surface area contributed by atoms with Crippen LogP contribution in [0.1, 0.15) is 74.7 Å². The standard InChI is InChI=1S/C25H38N4O3/c1-4-28(5-2)25(32)29-15-13-19(14-16-29)23(30)27-22-12-11-20(17-18(22)3)24(31)26-21-9-7-6-8-10-21/h11-12,17,19,21H,4-10,13-16H2,1-3H3,(H,26,31)(H,27,30). The Morgan fingerprint density at radius 1 is 1.00 bits per heavy atom. The molecule has 4 amide bonds. The van der Waals surface area contributed by atoms with Crippen molar-refractivity contribution in [1.29, 1.82) is 0 Å². The summed E-state index contributed by atoms with van der Waals surface area (Å²) < 4.78 is 0. The monoisotopic (exact) mass is 442 g/mol. The number of hydrogen-bond donors (Lipinski definition) is 2. The molecule has 1 aromatic rings. The first kappa shape index (κ1) is 24.1. The van der Waals surface area contributed by atoms with Gasteiger partial charge in [0.15, 0.2) is 0 Å². The van der Waals surface area contributed by atoms with Crippen molar-refractivity contribution in [3.05, 3.63) is 29.3 Å². The molecule has 0 spiro atoms. The number of aryl methyl sites for hydroxylation is 1. The number of nitrogens with zero attached hydrogens (tertiary/aromatic N) is 2. The van der Waals surface area contributed by atoms with E-state index < -0.39 is 0 Å². The average molecular weight is 443 g/mol. The van der Waals surface area contributed by atoms with Crippen molar-refractivity contribution in [3.63, 3.8) is 0 Å². The van der Waals surface area contributed by atoms with Crippen molar-refractivity contribution in [2.75, 3.05) is 31.5 Å². The number of hydrogen-bond acceptors (Lipinski definition) is 3. The maximum Gasteiger partial charge on any atom is 0.319 e. The van der Waals surface area contributed by atoms with Crippen molar-refractivity contribution in [1.82, 2.24) is 15.1 Å². The molecular weight excluding hydrogens is 404 g/mol. The van der Waals surface area contributed by atoms with Gasteiger partial charge in [-0.25, -0.2) is 4.79 Å². The number of piperidine rings is 1. The predicted molar refractivity (Wildman–Crippen MR) is 127 cm³/mol. The Morgan fingerprint density at radius 2 is 1.66 bits per heavy atom. The molecule has 1 aliphatic heterocycles. The van der Waals surface area contributed by atoms with Gasteiger partial charge in [0.2, 0.25) is 5.91 Å². The molecule has 0 unspecified atom stereocenters. The minimum absolute atomic E-state index is 0.0116. The highest BCUT2D eigenvalue weighted by Gasteiger charge is 2.29. The lowest BCUT2D eigenvalue weighted by Gasteiger charge is -2.34. The number of carbonyl (C=O) groups is 3. The molecule has 1 aromatic carbocycles. The topological polar surface area (TPSA) is 81.8 Å². The van der Waals surface area contributed by atoms with Gasteiger partial charge in [-0.05, 0) is 70.2 Å². The van der Waals surface area contributed by atoms with Crippen LogP contribution in [0.25, 0.3) is 0 Å². The van der Waals surface area contributed by atoms with Gasteiger partial charge in [-0.3, -0.25) is 9.59 Å². The summed E-state index contributed by atoms with van der Waals surface area (Å²) in [4.78, 5) is 41.6. The van der Waals surface area contributed by atoms with Gasteiger partial charge in [-0.2, -0.15) is 0 Å². The summed E-state index contributed by atoms with van der Waals surface area (Å²) in [6.45, 7) is 8.48. The van der Waals surface area contributed by atoms with Crippen molar-refractivity contribution < 1.29 is 14.4 Å². The minimum Gasteiger partial charge on any atom is -0.349 e. The lowest BCUT2D eigenvalue weighted by molar-refractivity contribution is -0.121. The van der Waals surface area contributed by atoms with Gasteiger partial charge in [0.25, 0.3) is 5.91 Å². The third kappa shape index (κ3) is 6.02. The number of nitrogens with one attached hydrogen (secondary N) is 2. The maximum atomic E-state index is 12.8. The van der Waals surface area contributed by atoms with Gasteiger partial charge in [-0.15, -0.1) is 0 Å². The van der Waals surface area contributed by atoms with Crippen LogP contribution >= 0.6 is 0 Å². The Hall–Kier alpha value is -2.57. The molecule has 2 aliphatic rings. The lowest BCUT2D eigenvalue weighted by Crippen LogP contribution is -2.47. The second kappa shape index (κ2) is 11.3. The molecule has 2 N–H and O–H groups in total. The van der Waals surface area contributed by atoms with Crippen LogP contribution in [-0.4, -0.2) is 59.9 Å². The number of anilines is 1. The molecule has 7 heteroatoms. The fourth-order valence-electron chi connectivity index (χ4n) is 4.72. The van der Waals surface area contributed by atoms with Crippen LogP contribution in [0.3, 0.4) is 0 Å². The summed E-state index contributed by atoms with van der Waals surface area (Å²) in [5.41, 5.74) is 2.25. The highest BCUT2D eigenvalue weighted by Crippen LogP contribution is 2.23. The van der Waals surface area contributed by atoms with Gasteiger partial charge >= 0.3 is 6.03 Å². The van der Waals surface area contributed by atoms with Crippen LogP contribution in [0.5, 0.6) is 0 Å². The van der Waals surface area contributed by atoms with Gasteiger partial charge in [0.05, 0.1) is 0 Å². The van der Waals surface area contributed by atoms with E-state index >= 15 is 0 Å². The van der Waals surface area contributed by atoms with E-state index in [0.717, 1.165) is 24.1 Å². The van der Waals surface area contributed by atoms with E-state index in [4.69, 9.17) is 0 Å². The molecule has 1 saturated carbocycles. The Labute approximate surface area is 191 Å². The summed E-state index contributed by atoms with van der Waals surface area (Å²) in [6.07, 6.45) is 7.05. The van der Waals surface area contributed by atoms with E-state index in [1.165, 1.54) is 19.3 Å². The second-order valence-corrected chi connectivity index (χ2v) is 9.04. The van der Waals surface area contributed by atoms with E-state index in [-0.39, 0.29) is 29.8 Å². The smallest absolute Gasteiger partial charge is 0.319 e. The van der Waals surface area contributed by atoms with Crippen LogP contribution in [0.2, 0.25) is 0 Å². The third-order valence-corrected chi connectivity index (χ3v) is 6.86. The number of urea groups is 1. The number of likely N-dealkylation sites (tertiary alicyclic amines) is 1. The van der Waals surface area contributed by atoms with Crippen LogP contribution in [0, 0.1) is 12.8 Å². The number of benzene rings is 1. The number of rotatable bonds is 6. The SMILES string of the molecule is CCN(CC)C(=O)N1CCC(C(=O)Nc2ccc(C(=O)NC3CCCCC3)cc2C)CC1. The summed E-state index contributed by atoms with van der Waals surface area (Å²) in [5, 5.41) is 6.17. The molecule has 0 bridgehead atoms. The summed E-state index contributed by atoms with van der Waals surface area (Å²) >= 11 is 0. The highest BCUT2D eigenvalue weighted by molar-refractivity contribution is 5.97. The zero-order chi connectivity index (χ0) is 23.1. The summed E-state index contributed by atoms with van der Waals surface area (Å²) in [5.74, 6) is -0.157. The molecule has 0 atom stereocenters. The molecule has 1 heterocycles. The average Bonchev–Trinajstić information content (AvgIpc) is 2.81. The highest BCUT2D eigenvalue weighted by atomic mass is 16.2. The number of amides is 4. The summed E-state index contributed by atoms with van der Waals surface area (Å²) in [6, 6.07) is 5.79. The first-order valence-electron chi connectivity index (χ1n) is 12.2. The van der Waals surface area contributed by atoms with Gasteiger partial charge < -0.3 is 20.4 Å². The molecule has 1 aliphatic carbocycles. The van der Waals surface area contributed by atoms with E-state index in [1.807, 2.05) is 42.7 Å². The molecule has 1 saturated heterocycles. The molecule has 3 rings (SSSR count). The zero-order valence-electron chi connectivity index (χ0n) is 19.8. The van der Waals surface area contributed by atoms with E-state index in [9.17, 15) is 14.4 Å². The maximum absolute atomic E-state index is 12.8. The van der Waals surface area contributed by atoms with Crippen molar-refractivity contribution in [2.45, 2.75) is 71.8 Å². The van der Waals surface area contributed by atoms with Crippen molar-refractivity contribution in [2.24, 2.45) is 5.92 Å². The predicted octanol–water partition coefficient (Wildman–Crippen LogP) is 4.17. The van der Waals surface area contributed by atoms with Gasteiger partial charge in [0.1, 0.15) is 0 Å². The zero-order valence-corrected chi connectivity index (χ0v) is 19.8. The molecule has 176 valence electrons. The Balaban J connectivity index is 1.52. The normalized spacial score (nSPS) is 17.7. The Kier molecular flexibility index (Phi) is 8.53. The Bertz CT molecular complexity index is 807. The Morgan fingerprint density at radius 3 is 2.25 bits per heavy atom. The van der Waals surface area contributed by atoms with E-state index in [1.54, 1.807) is 6.07 Å². The fourth-order valence-corrected chi connectivity index (χ4v) is 4.72. The lowest BCUT2D eigenvalue weighted by atomic mass is 9.95. The van der Waals surface area contributed by atoms with Crippen LogP contribution in [0.4, 0.5) is 10.5 Å². The van der Waals surface area contributed by atoms with Crippen molar-refractivity contribution >= 4 is 23.5 Å². The first-order valence-corrected chi connectivity index (χ1v) is 12.2. The summed E-state index contributed by atoms with van der Waals surface area (Å²) in [7, 11) is 0. The van der Waals surface area contributed by atoms with Gasteiger partial charge in [-0.1, -0.05) is 19.3 Å². The first-order chi connectivity index (χ1) is 15.4. The van der Waals surface area contributed by atoms with Crippen LogP contribution in [0.15, 0.2) is 18.2 Å². The van der Waals surface area contributed by atoms with Crippen molar-refractivity contribution in [3.8, 4) is 0 Å². The largest absolute Gasteiger partial charge is 0.349 e. The molecule has 2 fully saturated rings. The molecule has 0 aromatic heterocycles. The third-order valence-electron chi connectivity index (χ3n) is 6.86. The molecular formula is C25H38N4O3. The fraction of sp³-hybridized carbons (Fsp3) is 0.640. The minimum atomic E-state index is -0.107. The van der Waals surface area contributed by atoms with Gasteiger partial charge in [0, 0.05) is 49.4 Å². The quantitative estimate of drug-likeness (QED) is 0.694. The van der Waals surface area contributed by atoms with E-state index in [0.29, 0.717) is 44.6 Å².